The molecule has 1 atom stereocenters. The summed E-state index contributed by atoms with van der Waals surface area (Å²) in [6.07, 6.45) is -0.718. The predicted octanol–water partition coefficient (Wildman–Crippen LogP) is 4.70. The van der Waals surface area contributed by atoms with Gasteiger partial charge in [0.1, 0.15) is 5.75 Å². The first kappa shape index (κ1) is 18.5. The number of carbonyl (C=O) groups excluding carboxylic acids is 1. The number of carbonyl (C=O) groups is 1. The van der Waals surface area contributed by atoms with Gasteiger partial charge < -0.3 is 10.1 Å². The molecule has 26 heavy (non-hydrogen) atoms. The Morgan fingerprint density at radius 3 is 2.62 bits per heavy atom. The molecule has 7 heteroatoms. The van der Waals surface area contributed by atoms with Crippen LogP contribution in [0.15, 0.2) is 47.3 Å². The molecule has 0 saturated carbocycles. The van der Waals surface area contributed by atoms with Gasteiger partial charge in [-0.05, 0) is 51.1 Å². The Balaban J connectivity index is 1.77. The van der Waals surface area contributed by atoms with E-state index in [4.69, 9.17) is 16.3 Å². The van der Waals surface area contributed by atoms with E-state index in [1.54, 1.807) is 47.9 Å². The van der Waals surface area contributed by atoms with Crippen LogP contribution in [0.1, 0.15) is 26.8 Å². The molecule has 0 aliphatic heterocycles. The molecule has 1 amide bonds. The number of nitrogens with zero attached hydrogens (tertiary/aromatic N) is 1. The van der Waals surface area contributed by atoms with Crippen molar-refractivity contribution >= 4 is 44.7 Å². The Bertz CT molecular complexity index is 1010. The Kier molecular flexibility index (Phi) is 5.34. The summed E-state index contributed by atoms with van der Waals surface area (Å²) in [5.74, 6) is 0.166. The van der Waals surface area contributed by atoms with Gasteiger partial charge in [0.05, 0.1) is 15.2 Å². The molecule has 5 nitrogen and oxygen atoms in total. The number of nitrogens with one attached hydrogen (secondary N) is 1. The van der Waals surface area contributed by atoms with Gasteiger partial charge in [-0.2, -0.15) is 0 Å². The van der Waals surface area contributed by atoms with E-state index < -0.39 is 6.10 Å². The minimum absolute atomic E-state index is 0.00565. The SMILES string of the molecule is CC(C)n1c(=O)sc2cc(NC(=O)[C@H](C)Oc3ccccc3Cl)ccc21. The Labute approximate surface area is 160 Å². The van der Waals surface area contributed by atoms with Crippen molar-refractivity contribution in [2.75, 3.05) is 5.32 Å². The highest BCUT2D eigenvalue weighted by atomic mass is 35.5. The number of hydrogen-bond donors (Lipinski definition) is 1. The first-order chi connectivity index (χ1) is 12.4. The van der Waals surface area contributed by atoms with Crippen molar-refractivity contribution in [1.29, 1.82) is 0 Å². The number of fused-ring (bicyclic) bond motifs is 1. The highest BCUT2D eigenvalue weighted by molar-refractivity contribution is 7.16. The van der Waals surface area contributed by atoms with E-state index in [9.17, 15) is 9.59 Å². The number of benzene rings is 2. The summed E-state index contributed by atoms with van der Waals surface area (Å²) in [4.78, 5) is 24.5. The Hall–Kier alpha value is -2.31. The summed E-state index contributed by atoms with van der Waals surface area (Å²) in [5, 5.41) is 3.27. The summed E-state index contributed by atoms with van der Waals surface area (Å²) in [6.45, 7) is 5.60. The van der Waals surface area contributed by atoms with Crippen LogP contribution < -0.4 is 14.9 Å². The van der Waals surface area contributed by atoms with E-state index in [2.05, 4.69) is 5.32 Å². The maximum absolute atomic E-state index is 12.4. The average Bonchev–Trinajstić information content (AvgIpc) is 2.92. The molecule has 0 unspecified atom stereocenters. The highest BCUT2D eigenvalue weighted by Crippen LogP contribution is 2.26. The zero-order valence-corrected chi connectivity index (χ0v) is 16.2. The monoisotopic (exact) mass is 390 g/mol. The molecule has 0 aliphatic rings. The first-order valence-corrected chi connectivity index (χ1v) is 9.43. The van der Waals surface area contributed by atoms with Crippen LogP contribution in [0.2, 0.25) is 5.02 Å². The van der Waals surface area contributed by atoms with Crippen molar-refractivity contribution < 1.29 is 9.53 Å². The first-order valence-electron chi connectivity index (χ1n) is 8.24. The van der Waals surface area contributed by atoms with Crippen molar-refractivity contribution in [1.82, 2.24) is 4.57 Å². The number of anilines is 1. The van der Waals surface area contributed by atoms with Crippen LogP contribution in [-0.4, -0.2) is 16.6 Å². The molecule has 1 heterocycles. The minimum atomic E-state index is -0.718. The molecule has 2 aromatic carbocycles. The molecule has 0 spiro atoms. The predicted molar refractivity (Wildman–Crippen MR) is 107 cm³/mol. The Morgan fingerprint density at radius 2 is 1.92 bits per heavy atom. The topological polar surface area (TPSA) is 60.3 Å². The van der Waals surface area contributed by atoms with Crippen LogP contribution in [0.5, 0.6) is 5.75 Å². The summed E-state index contributed by atoms with van der Waals surface area (Å²) >= 11 is 7.22. The molecule has 3 aromatic rings. The van der Waals surface area contributed by atoms with Crippen molar-refractivity contribution in [3.63, 3.8) is 0 Å². The smallest absolute Gasteiger partial charge is 0.308 e. The molecule has 0 saturated heterocycles. The molecule has 1 aromatic heterocycles. The van der Waals surface area contributed by atoms with Gasteiger partial charge in [0.25, 0.3) is 5.91 Å². The molecule has 1 N–H and O–H groups in total. The standard InChI is InChI=1S/C19H19ClN2O3S/c1-11(2)22-15-9-8-13(10-17(15)26-19(22)24)21-18(23)12(3)25-16-7-5-4-6-14(16)20/h4-12H,1-3H3,(H,21,23)/t12-/m0/s1. The average molecular weight is 391 g/mol. The molecule has 0 aliphatic carbocycles. The Morgan fingerprint density at radius 1 is 1.19 bits per heavy atom. The lowest BCUT2D eigenvalue weighted by Gasteiger charge is -2.15. The second-order valence-corrected chi connectivity index (χ2v) is 7.59. The van der Waals surface area contributed by atoms with Crippen molar-refractivity contribution in [2.45, 2.75) is 32.9 Å². The molecule has 136 valence electrons. The number of para-hydroxylation sites is 1. The fourth-order valence-electron chi connectivity index (χ4n) is 2.63. The number of rotatable bonds is 5. The largest absolute Gasteiger partial charge is 0.479 e. The van der Waals surface area contributed by atoms with E-state index in [-0.39, 0.29) is 16.8 Å². The van der Waals surface area contributed by atoms with Gasteiger partial charge in [-0.25, -0.2) is 0 Å². The van der Waals surface area contributed by atoms with Crippen LogP contribution in [0, 0.1) is 0 Å². The van der Waals surface area contributed by atoms with Crippen LogP contribution in [0.4, 0.5) is 5.69 Å². The fourth-order valence-corrected chi connectivity index (χ4v) is 3.86. The van der Waals surface area contributed by atoms with Crippen molar-refractivity contribution in [3.05, 3.63) is 57.2 Å². The third kappa shape index (κ3) is 3.76. The van der Waals surface area contributed by atoms with Gasteiger partial charge in [-0.3, -0.25) is 14.2 Å². The normalized spacial score (nSPS) is 12.3. The van der Waals surface area contributed by atoms with Crippen molar-refractivity contribution in [3.8, 4) is 5.75 Å². The second-order valence-electron chi connectivity index (χ2n) is 6.19. The van der Waals surface area contributed by atoms with Gasteiger partial charge in [0.2, 0.25) is 0 Å². The van der Waals surface area contributed by atoms with Gasteiger partial charge in [-0.1, -0.05) is 35.1 Å². The summed E-state index contributed by atoms with van der Waals surface area (Å²) in [7, 11) is 0. The highest BCUT2D eigenvalue weighted by Gasteiger charge is 2.17. The zero-order chi connectivity index (χ0) is 18.8. The lowest BCUT2D eigenvalue weighted by Crippen LogP contribution is -2.30. The third-order valence-corrected chi connectivity index (χ3v) is 5.14. The molecular formula is C19H19ClN2O3S. The van der Waals surface area contributed by atoms with Gasteiger partial charge in [0.15, 0.2) is 6.10 Å². The summed E-state index contributed by atoms with van der Waals surface area (Å²) in [5.41, 5.74) is 1.49. The number of amides is 1. The molecule has 0 bridgehead atoms. The fraction of sp³-hybridized carbons (Fsp3) is 0.263. The molecule has 0 radical (unpaired) electrons. The summed E-state index contributed by atoms with van der Waals surface area (Å²) in [6, 6.07) is 12.5. The minimum Gasteiger partial charge on any atom is -0.479 e. The number of hydrogen-bond acceptors (Lipinski definition) is 4. The molecular weight excluding hydrogens is 372 g/mol. The number of ether oxygens (including phenoxy) is 1. The number of halogens is 1. The number of thiazole rings is 1. The van der Waals surface area contributed by atoms with Gasteiger partial charge in [-0.15, -0.1) is 0 Å². The van der Waals surface area contributed by atoms with E-state index >= 15 is 0 Å². The number of aromatic nitrogens is 1. The van der Waals surface area contributed by atoms with Crippen LogP contribution in [-0.2, 0) is 4.79 Å². The van der Waals surface area contributed by atoms with Crippen molar-refractivity contribution in [2.24, 2.45) is 0 Å². The lowest BCUT2D eigenvalue weighted by molar-refractivity contribution is -0.122. The summed E-state index contributed by atoms with van der Waals surface area (Å²) < 4.78 is 8.20. The zero-order valence-electron chi connectivity index (χ0n) is 14.7. The second kappa shape index (κ2) is 7.51. The third-order valence-electron chi connectivity index (χ3n) is 3.91. The maximum Gasteiger partial charge on any atom is 0.308 e. The molecule has 0 fully saturated rings. The van der Waals surface area contributed by atoms with Crippen LogP contribution >= 0.6 is 22.9 Å². The van der Waals surface area contributed by atoms with Crippen LogP contribution in [0.3, 0.4) is 0 Å². The maximum atomic E-state index is 12.4. The van der Waals surface area contributed by atoms with Gasteiger partial charge >= 0.3 is 4.87 Å². The van der Waals surface area contributed by atoms with E-state index in [1.165, 1.54) is 11.3 Å². The molecule has 3 rings (SSSR count). The quantitative estimate of drug-likeness (QED) is 0.686. The van der Waals surface area contributed by atoms with Gasteiger partial charge in [0, 0.05) is 11.7 Å². The van der Waals surface area contributed by atoms with E-state index in [0.717, 1.165) is 10.2 Å². The van der Waals surface area contributed by atoms with E-state index in [1.807, 2.05) is 19.9 Å². The van der Waals surface area contributed by atoms with Crippen LogP contribution in [0.25, 0.3) is 10.2 Å². The lowest BCUT2D eigenvalue weighted by atomic mass is 10.2. The van der Waals surface area contributed by atoms with E-state index in [0.29, 0.717) is 16.5 Å².